The summed E-state index contributed by atoms with van der Waals surface area (Å²) < 4.78 is 0. The SMILES string of the molecule is CN1CCN(c2ccc(C3CC4(C)C(O)CCC4C4CCC5=CC(=O)CCC5C34)cc2)CC1. The normalized spacial score (nSPS) is 41.2. The van der Waals surface area contributed by atoms with Crippen molar-refractivity contribution in [3.63, 3.8) is 0 Å². The molecule has 0 radical (unpaired) electrons. The molecule has 0 aromatic heterocycles. The Morgan fingerprint density at radius 3 is 2.45 bits per heavy atom. The molecule has 1 aromatic rings. The average molecular weight is 449 g/mol. The molecule has 0 amide bonds. The molecule has 0 bridgehead atoms. The lowest BCUT2D eigenvalue weighted by molar-refractivity contribution is -0.116. The topological polar surface area (TPSA) is 43.8 Å². The van der Waals surface area contributed by atoms with Crippen LogP contribution in [0.3, 0.4) is 0 Å². The van der Waals surface area contributed by atoms with Crippen LogP contribution in [0.1, 0.15) is 63.4 Å². The van der Waals surface area contributed by atoms with Crippen LogP contribution in [0.15, 0.2) is 35.9 Å². The number of hydrogen-bond acceptors (Lipinski definition) is 4. The van der Waals surface area contributed by atoms with Crippen molar-refractivity contribution in [3.05, 3.63) is 41.5 Å². The van der Waals surface area contributed by atoms with Crippen LogP contribution >= 0.6 is 0 Å². The van der Waals surface area contributed by atoms with Crippen molar-refractivity contribution in [2.45, 2.75) is 63.9 Å². The van der Waals surface area contributed by atoms with Gasteiger partial charge in [0.15, 0.2) is 5.78 Å². The molecule has 1 aromatic carbocycles. The Morgan fingerprint density at radius 2 is 1.70 bits per heavy atom. The highest BCUT2D eigenvalue weighted by Gasteiger charge is 2.59. The molecule has 1 saturated heterocycles. The van der Waals surface area contributed by atoms with E-state index < -0.39 is 0 Å². The van der Waals surface area contributed by atoms with Gasteiger partial charge in [-0.3, -0.25) is 4.79 Å². The quantitative estimate of drug-likeness (QED) is 0.716. The van der Waals surface area contributed by atoms with Gasteiger partial charge in [-0.05, 0) is 104 Å². The molecule has 33 heavy (non-hydrogen) atoms. The number of aliphatic hydroxyl groups is 1. The predicted octanol–water partition coefficient (Wildman–Crippen LogP) is 4.63. The Morgan fingerprint density at radius 1 is 0.939 bits per heavy atom. The lowest BCUT2D eigenvalue weighted by atomic mass is 9.48. The summed E-state index contributed by atoms with van der Waals surface area (Å²) in [5, 5.41) is 11.1. The van der Waals surface area contributed by atoms with Gasteiger partial charge in [0.25, 0.3) is 0 Å². The van der Waals surface area contributed by atoms with E-state index in [0.717, 1.165) is 58.3 Å². The zero-order chi connectivity index (χ0) is 22.7. The third-order valence-electron chi connectivity index (χ3n) is 10.4. The van der Waals surface area contributed by atoms with Crippen LogP contribution in [0.2, 0.25) is 0 Å². The minimum absolute atomic E-state index is 0.0354. The van der Waals surface area contributed by atoms with Crippen molar-refractivity contribution in [3.8, 4) is 0 Å². The molecule has 7 unspecified atom stereocenters. The molecule has 4 heteroatoms. The number of allylic oxidation sites excluding steroid dienone is 1. The molecule has 0 spiro atoms. The molecule has 1 aliphatic heterocycles. The zero-order valence-electron chi connectivity index (χ0n) is 20.4. The third kappa shape index (κ3) is 3.60. The number of likely N-dealkylation sites (N-methyl/N-ethyl adjacent to an activating group) is 1. The van der Waals surface area contributed by atoms with E-state index >= 15 is 0 Å². The minimum atomic E-state index is -0.166. The lowest BCUT2D eigenvalue weighted by Gasteiger charge is -2.57. The van der Waals surface area contributed by atoms with Gasteiger partial charge < -0.3 is 14.9 Å². The molecule has 7 atom stereocenters. The second kappa shape index (κ2) is 8.23. The highest BCUT2D eigenvalue weighted by Crippen LogP contribution is 2.65. The standard InChI is InChI=1S/C29H40N2O2/c1-29-18-25(19-3-6-21(7-4-19)31-15-13-30(2)14-16-31)28-23-10-8-22(32)17-20(23)5-9-24(28)26(29)11-12-27(29)33/h3-4,6-7,17,23-28,33H,5,8-16,18H2,1-2H3. The number of nitrogens with zero attached hydrogens (tertiary/aromatic N) is 2. The largest absolute Gasteiger partial charge is 0.393 e. The maximum absolute atomic E-state index is 12.2. The summed E-state index contributed by atoms with van der Waals surface area (Å²) in [4.78, 5) is 17.1. The summed E-state index contributed by atoms with van der Waals surface area (Å²) in [5.41, 5.74) is 4.28. The van der Waals surface area contributed by atoms with Gasteiger partial charge in [-0.25, -0.2) is 0 Å². The number of fused-ring (bicyclic) bond motifs is 5. The number of benzene rings is 1. The van der Waals surface area contributed by atoms with Gasteiger partial charge in [-0.2, -0.15) is 0 Å². The van der Waals surface area contributed by atoms with Gasteiger partial charge in [0, 0.05) is 38.3 Å². The van der Waals surface area contributed by atoms with Crippen LogP contribution in [0.5, 0.6) is 0 Å². The predicted molar refractivity (Wildman–Crippen MR) is 132 cm³/mol. The van der Waals surface area contributed by atoms with Crippen LogP contribution in [-0.2, 0) is 4.79 Å². The smallest absolute Gasteiger partial charge is 0.155 e. The fourth-order valence-corrected chi connectivity index (χ4v) is 8.62. The number of piperazine rings is 1. The molecule has 4 nitrogen and oxygen atoms in total. The van der Waals surface area contributed by atoms with E-state index in [-0.39, 0.29) is 11.5 Å². The number of rotatable bonds is 2. The van der Waals surface area contributed by atoms with E-state index in [9.17, 15) is 9.90 Å². The Bertz CT molecular complexity index is 931. The number of ketones is 1. The highest BCUT2D eigenvalue weighted by molar-refractivity contribution is 5.91. The van der Waals surface area contributed by atoms with Crippen molar-refractivity contribution in [2.24, 2.45) is 29.1 Å². The highest BCUT2D eigenvalue weighted by atomic mass is 16.3. The maximum Gasteiger partial charge on any atom is 0.155 e. The van der Waals surface area contributed by atoms with Crippen LogP contribution in [0.4, 0.5) is 5.69 Å². The number of aliphatic hydroxyl groups excluding tert-OH is 1. The number of anilines is 1. The van der Waals surface area contributed by atoms with E-state index in [1.165, 1.54) is 29.7 Å². The van der Waals surface area contributed by atoms with Gasteiger partial charge in [0.1, 0.15) is 0 Å². The first-order valence-electron chi connectivity index (χ1n) is 13.4. The van der Waals surface area contributed by atoms with Crippen molar-refractivity contribution in [2.75, 3.05) is 38.1 Å². The van der Waals surface area contributed by atoms with Crippen LogP contribution in [0.25, 0.3) is 0 Å². The molecule has 4 fully saturated rings. The summed E-state index contributed by atoms with van der Waals surface area (Å²) in [7, 11) is 2.21. The van der Waals surface area contributed by atoms with Crippen molar-refractivity contribution in [1.82, 2.24) is 4.90 Å². The van der Waals surface area contributed by atoms with E-state index in [0.29, 0.717) is 35.4 Å². The molecule has 178 valence electrons. The van der Waals surface area contributed by atoms with Gasteiger partial charge in [-0.15, -0.1) is 0 Å². The second-order valence-corrected chi connectivity index (χ2v) is 12.0. The first-order valence-corrected chi connectivity index (χ1v) is 13.4. The molecule has 6 rings (SSSR count). The van der Waals surface area contributed by atoms with Crippen molar-refractivity contribution in [1.29, 1.82) is 0 Å². The van der Waals surface area contributed by atoms with E-state index in [4.69, 9.17) is 0 Å². The Labute approximate surface area is 199 Å². The molecule has 5 aliphatic rings. The number of hydrogen-bond donors (Lipinski definition) is 1. The Hall–Kier alpha value is -1.65. The van der Waals surface area contributed by atoms with Crippen LogP contribution in [0, 0.1) is 29.1 Å². The molecule has 1 heterocycles. The van der Waals surface area contributed by atoms with Gasteiger partial charge in [0.05, 0.1) is 6.10 Å². The fraction of sp³-hybridized carbons (Fsp3) is 0.690. The Balaban J connectivity index is 1.34. The third-order valence-corrected chi connectivity index (χ3v) is 10.4. The van der Waals surface area contributed by atoms with E-state index in [1.807, 2.05) is 6.08 Å². The van der Waals surface area contributed by atoms with Crippen LogP contribution in [-0.4, -0.2) is 55.1 Å². The zero-order valence-corrected chi connectivity index (χ0v) is 20.4. The maximum atomic E-state index is 12.2. The number of carbonyl (C=O) groups excluding carboxylic acids is 1. The molecule has 4 aliphatic carbocycles. The monoisotopic (exact) mass is 448 g/mol. The molecule has 3 saturated carbocycles. The van der Waals surface area contributed by atoms with Gasteiger partial charge in [0.2, 0.25) is 0 Å². The second-order valence-electron chi connectivity index (χ2n) is 12.0. The van der Waals surface area contributed by atoms with Gasteiger partial charge >= 0.3 is 0 Å². The van der Waals surface area contributed by atoms with E-state index in [1.54, 1.807) is 0 Å². The van der Waals surface area contributed by atoms with Gasteiger partial charge in [-0.1, -0.05) is 24.6 Å². The lowest BCUT2D eigenvalue weighted by Crippen LogP contribution is -2.50. The molecule has 1 N–H and O–H groups in total. The summed E-state index contributed by atoms with van der Waals surface area (Å²) in [6, 6.07) is 9.48. The minimum Gasteiger partial charge on any atom is -0.393 e. The molecular formula is C29H40N2O2. The number of carbonyl (C=O) groups is 1. The summed E-state index contributed by atoms with van der Waals surface area (Å²) in [6.45, 7) is 6.83. The van der Waals surface area contributed by atoms with E-state index in [2.05, 4.69) is 48.0 Å². The van der Waals surface area contributed by atoms with Crippen molar-refractivity contribution >= 4 is 11.5 Å². The Kier molecular flexibility index (Phi) is 5.45. The fourth-order valence-electron chi connectivity index (χ4n) is 8.62. The summed E-state index contributed by atoms with van der Waals surface area (Å²) >= 11 is 0. The molecular weight excluding hydrogens is 408 g/mol. The summed E-state index contributed by atoms with van der Waals surface area (Å²) in [5.74, 6) is 3.32. The van der Waals surface area contributed by atoms with Crippen molar-refractivity contribution < 1.29 is 9.90 Å². The first-order chi connectivity index (χ1) is 15.9. The first kappa shape index (κ1) is 21.9. The summed E-state index contributed by atoms with van der Waals surface area (Å²) in [6.07, 6.45) is 9.12. The van der Waals surface area contributed by atoms with Crippen LogP contribution < -0.4 is 4.90 Å². The average Bonchev–Trinajstić information content (AvgIpc) is 3.13.